The molecule has 0 radical (unpaired) electrons. The second-order valence-electron chi connectivity index (χ2n) is 4.74. The van der Waals surface area contributed by atoms with E-state index >= 15 is 0 Å². The summed E-state index contributed by atoms with van der Waals surface area (Å²) in [6.07, 6.45) is 3.02. The Morgan fingerprint density at radius 2 is 2.00 bits per heavy atom. The highest BCUT2D eigenvalue weighted by Crippen LogP contribution is 2.21. The average molecular weight is 300 g/mol. The largest absolute Gasteiger partial charge is 0.481 e. The van der Waals surface area contributed by atoms with Crippen LogP contribution >= 0.6 is 0 Å². The Kier molecular flexibility index (Phi) is 4.78. The molecule has 0 bridgehead atoms. The topological polar surface area (TPSA) is 76.7 Å². The number of para-hydroxylation sites is 1. The minimum atomic E-state index is -1.06. The van der Waals surface area contributed by atoms with Crippen LogP contribution < -0.4 is 4.74 Å². The van der Waals surface area contributed by atoms with Gasteiger partial charge in [0.2, 0.25) is 0 Å². The van der Waals surface area contributed by atoms with E-state index in [-0.39, 0.29) is 5.78 Å². The van der Waals surface area contributed by atoms with E-state index in [1.54, 1.807) is 50.3 Å². The Bertz CT molecular complexity index is 724. The van der Waals surface area contributed by atoms with Gasteiger partial charge >= 0.3 is 5.97 Å². The van der Waals surface area contributed by atoms with E-state index in [2.05, 4.69) is 0 Å². The number of carboxylic acid groups (broad SMARTS) is 1. The van der Waals surface area contributed by atoms with Gasteiger partial charge < -0.3 is 14.3 Å². The molecule has 0 amide bonds. The highest BCUT2D eigenvalue weighted by atomic mass is 16.5. The molecule has 0 atom stereocenters. The van der Waals surface area contributed by atoms with E-state index in [1.807, 2.05) is 0 Å². The lowest BCUT2D eigenvalue weighted by atomic mass is 10.1. The van der Waals surface area contributed by atoms with Crippen molar-refractivity contribution in [1.82, 2.24) is 0 Å². The molecule has 0 unspecified atom stereocenters. The minimum Gasteiger partial charge on any atom is -0.481 e. The van der Waals surface area contributed by atoms with Crippen LogP contribution in [-0.4, -0.2) is 23.5 Å². The van der Waals surface area contributed by atoms with E-state index < -0.39 is 12.6 Å². The van der Waals surface area contributed by atoms with Gasteiger partial charge in [0.1, 0.15) is 17.3 Å². The smallest absolute Gasteiger partial charge is 0.341 e. The fraction of sp³-hybridized carbons (Fsp3) is 0.176. The van der Waals surface area contributed by atoms with Crippen LogP contribution in [0.15, 0.2) is 40.8 Å². The molecule has 0 saturated carbocycles. The monoisotopic (exact) mass is 300 g/mol. The number of carboxylic acids is 1. The number of aliphatic carboxylic acids is 1. The molecule has 2 rings (SSSR count). The Hall–Kier alpha value is -2.82. The van der Waals surface area contributed by atoms with Crippen molar-refractivity contribution in [3.63, 3.8) is 0 Å². The number of ketones is 1. The summed E-state index contributed by atoms with van der Waals surface area (Å²) in [5, 5.41) is 8.66. The molecule has 22 heavy (non-hydrogen) atoms. The number of hydrogen-bond donors (Lipinski definition) is 1. The van der Waals surface area contributed by atoms with Crippen LogP contribution in [0.2, 0.25) is 0 Å². The van der Waals surface area contributed by atoms with Crippen molar-refractivity contribution < 1.29 is 23.8 Å². The SMILES string of the molecule is Cc1cc(C(=O)/C=C/c2ccccc2OCC(=O)O)c(C)o1. The number of benzene rings is 1. The summed E-state index contributed by atoms with van der Waals surface area (Å²) in [6.45, 7) is 3.08. The Balaban J connectivity index is 2.17. The number of carbonyl (C=O) groups is 2. The second-order valence-corrected chi connectivity index (χ2v) is 4.74. The number of ether oxygens (including phenoxy) is 1. The lowest BCUT2D eigenvalue weighted by Crippen LogP contribution is -2.09. The van der Waals surface area contributed by atoms with Crippen molar-refractivity contribution in [2.45, 2.75) is 13.8 Å². The number of aryl methyl sites for hydroxylation is 2. The third kappa shape index (κ3) is 3.85. The summed E-state index contributed by atoms with van der Waals surface area (Å²) in [6, 6.07) is 8.61. The molecule has 0 saturated heterocycles. The van der Waals surface area contributed by atoms with Gasteiger partial charge in [0.25, 0.3) is 0 Å². The lowest BCUT2D eigenvalue weighted by Gasteiger charge is -2.06. The van der Waals surface area contributed by atoms with Gasteiger partial charge in [-0.25, -0.2) is 4.79 Å². The molecule has 0 aliphatic rings. The van der Waals surface area contributed by atoms with Gasteiger partial charge in [0.15, 0.2) is 12.4 Å². The van der Waals surface area contributed by atoms with E-state index in [9.17, 15) is 9.59 Å². The summed E-state index contributed by atoms with van der Waals surface area (Å²) in [7, 11) is 0. The molecule has 2 aromatic rings. The van der Waals surface area contributed by atoms with Crippen LogP contribution in [-0.2, 0) is 4.79 Å². The molecule has 0 aliphatic carbocycles. The van der Waals surface area contributed by atoms with E-state index in [0.29, 0.717) is 28.4 Å². The summed E-state index contributed by atoms with van der Waals surface area (Å²) in [5.41, 5.74) is 1.15. The molecule has 5 heteroatoms. The molecule has 1 aromatic heterocycles. The normalized spacial score (nSPS) is 10.8. The molecule has 1 N–H and O–H groups in total. The van der Waals surface area contributed by atoms with Crippen molar-refractivity contribution >= 4 is 17.8 Å². The van der Waals surface area contributed by atoms with Crippen LogP contribution in [0.25, 0.3) is 6.08 Å². The lowest BCUT2D eigenvalue weighted by molar-refractivity contribution is -0.139. The molecule has 0 aliphatic heterocycles. The molecule has 1 heterocycles. The first kappa shape index (κ1) is 15.6. The Labute approximate surface area is 127 Å². The van der Waals surface area contributed by atoms with Crippen LogP contribution in [0.4, 0.5) is 0 Å². The standard InChI is InChI=1S/C17H16O5/c1-11-9-14(12(2)22-11)15(18)8-7-13-5-3-4-6-16(13)21-10-17(19)20/h3-9H,10H2,1-2H3,(H,19,20)/b8-7+. The fourth-order valence-electron chi connectivity index (χ4n) is 2.02. The second kappa shape index (κ2) is 6.76. The summed E-state index contributed by atoms with van der Waals surface area (Å²) in [5.74, 6) is 0.429. The van der Waals surface area contributed by atoms with Crippen LogP contribution in [0.3, 0.4) is 0 Å². The summed E-state index contributed by atoms with van der Waals surface area (Å²) < 4.78 is 10.5. The summed E-state index contributed by atoms with van der Waals surface area (Å²) in [4.78, 5) is 22.7. The van der Waals surface area contributed by atoms with Crippen molar-refractivity contribution in [2.75, 3.05) is 6.61 Å². The molecule has 1 aromatic carbocycles. The van der Waals surface area contributed by atoms with Gasteiger partial charge in [-0.15, -0.1) is 0 Å². The van der Waals surface area contributed by atoms with Gasteiger partial charge in [-0.3, -0.25) is 4.79 Å². The first-order valence-corrected chi connectivity index (χ1v) is 6.70. The Morgan fingerprint density at radius 1 is 1.27 bits per heavy atom. The number of carbonyl (C=O) groups excluding carboxylic acids is 1. The van der Waals surface area contributed by atoms with Gasteiger partial charge in [0.05, 0.1) is 5.56 Å². The maximum absolute atomic E-state index is 12.1. The maximum Gasteiger partial charge on any atom is 0.341 e. The van der Waals surface area contributed by atoms with E-state index in [4.69, 9.17) is 14.3 Å². The van der Waals surface area contributed by atoms with Crippen molar-refractivity contribution in [1.29, 1.82) is 0 Å². The third-order valence-electron chi connectivity index (χ3n) is 2.99. The quantitative estimate of drug-likeness (QED) is 0.654. The maximum atomic E-state index is 12.1. The van der Waals surface area contributed by atoms with E-state index in [0.717, 1.165) is 0 Å². The van der Waals surface area contributed by atoms with Gasteiger partial charge in [0, 0.05) is 5.56 Å². The molecule has 114 valence electrons. The average Bonchev–Trinajstić information content (AvgIpc) is 2.82. The first-order chi connectivity index (χ1) is 10.5. The highest BCUT2D eigenvalue weighted by Gasteiger charge is 2.11. The zero-order valence-corrected chi connectivity index (χ0v) is 12.3. The van der Waals surface area contributed by atoms with Crippen molar-refractivity contribution in [3.05, 3.63) is 59.1 Å². The molecule has 0 fully saturated rings. The zero-order valence-electron chi connectivity index (χ0n) is 12.3. The van der Waals surface area contributed by atoms with Crippen molar-refractivity contribution in [3.8, 4) is 5.75 Å². The predicted molar refractivity (Wildman–Crippen MR) is 81.1 cm³/mol. The van der Waals surface area contributed by atoms with Gasteiger partial charge in [-0.1, -0.05) is 18.2 Å². The predicted octanol–water partition coefficient (Wildman–Crippen LogP) is 3.26. The zero-order chi connectivity index (χ0) is 16.1. The summed E-state index contributed by atoms with van der Waals surface area (Å²) >= 11 is 0. The molecular formula is C17H16O5. The van der Waals surface area contributed by atoms with Crippen LogP contribution in [0.1, 0.15) is 27.4 Å². The third-order valence-corrected chi connectivity index (χ3v) is 2.99. The molecular weight excluding hydrogens is 284 g/mol. The van der Waals surface area contributed by atoms with Gasteiger partial charge in [-0.05, 0) is 38.1 Å². The van der Waals surface area contributed by atoms with Crippen molar-refractivity contribution in [2.24, 2.45) is 0 Å². The van der Waals surface area contributed by atoms with Crippen LogP contribution in [0.5, 0.6) is 5.75 Å². The highest BCUT2D eigenvalue weighted by molar-refractivity contribution is 6.07. The molecule has 0 spiro atoms. The first-order valence-electron chi connectivity index (χ1n) is 6.70. The fourth-order valence-corrected chi connectivity index (χ4v) is 2.02. The number of rotatable bonds is 6. The molecule has 5 nitrogen and oxygen atoms in total. The van der Waals surface area contributed by atoms with E-state index in [1.165, 1.54) is 6.08 Å². The minimum absolute atomic E-state index is 0.178. The Morgan fingerprint density at radius 3 is 2.64 bits per heavy atom. The number of hydrogen-bond acceptors (Lipinski definition) is 4. The van der Waals surface area contributed by atoms with Gasteiger partial charge in [-0.2, -0.15) is 0 Å². The van der Waals surface area contributed by atoms with Crippen LogP contribution in [0, 0.1) is 13.8 Å². The number of allylic oxidation sites excluding steroid dienone is 1. The number of furan rings is 1.